The maximum Gasteiger partial charge on any atom is 0.191 e. The second-order valence-corrected chi connectivity index (χ2v) is 6.56. The maximum absolute atomic E-state index is 4.30. The van der Waals surface area contributed by atoms with E-state index in [1.807, 2.05) is 0 Å². The van der Waals surface area contributed by atoms with Crippen LogP contribution in [0.1, 0.15) is 24.5 Å². The quantitative estimate of drug-likeness (QED) is 0.247. The van der Waals surface area contributed by atoms with Gasteiger partial charge >= 0.3 is 0 Å². The highest BCUT2D eigenvalue weighted by atomic mass is 127. The van der Waals surface area contributed by atoms with Gasteiger partial charge in [-0.3, -0.25) is 4.99 Å². The first kappa shape index (κ1) is 19.7. The summed E-state index contributed by atoms with van der Waals surface area (Å²) >= 11 is 0. The van der Waals surface area contributed by atoms with Crippen molar-refractivity contribution in [3.63, 3.8) is 0 Å². The molecule has 1 aliphatic rings. The van der Waals surface area contributed by atoms with Gasteiger partial charge in [0.25, 0.3) is 0 Å². The minimum absolute atomic E-state index is 0. The number of nitrogens with one attached hydrogen (secondary N) is 2. The van der Waals surface area contributed by atoms with Crippen molar-refractivity contribution in [1.82, 2.24) is 30.0 Å². The predicted octanol–water partition coefficient (Wildman–Crippen LogP) is 2.55. The lowest BCUT2D eigenvalue weighted by Gasteiger charge is -2.12. The molecule has 0 unspecified atom stereocenters. The number of para-hydroxylation sites is 1. The average molecular weight is 479 g/mol. The fraction of sp³-hybridized carbons (Fsp3) is 0.421. The number of nitrogens with zero attached hydrogens (tertiary/aromatic N) is 5. The van der Waals surface area contributed by atoms with Crippen LogP contribution in [0.2, 0.25) is 0 Å². The van der Waals surface area contributed by atoms with Crippen molar-refractivity contribution >= 4 is 40.8 Å². The molecule has 27 heavy (non-hydrogen) atoms. The molecule has 144 valence electrons. The van der Waals surface area contributed by atoms with Gasteiger partial charge in [-0.1, -0.05) is 18.2 Å². The molecule has 2 N–H and O–H groups in total. The molecule has 0 spiro atoms. The fourth-order valence-corrected chi connectivity index (χ4v) is 3.52. The summed E-state index contributed by atoms with van der Waals surface area (Å²) in [6, 6.07) is 10.6. The summed E-state index contributed by atoms with van der Waals surface area (Å²) in [6.07, 6.45) is 5.39. The zero-order valence-electron chi connectivity index (χ0n) is 15.6. The van der Waals surface area contributed by atoms with Crippen LogP contribution >= 0.6 is 24.0 Å². The third-order valence-corrected chi connectivity index (χ3v) is 4.87. The number of hydrogen-bond donors (Lipinski definition) is 2. The number of halogens is 1. The molecule has 2 aromatic heterocycles. The Morgan fingerprint density at radius 1 is 1.19 bits per heavy atom. The van der Waals surface area contributed by atoms with E-state index in [0.717, 1.165) is 50.1 Å². The van der Waals surface area contributed by atoms with Crippen molar-refractivity contribution < 1.29 is 0 Å². The van der Waals surface area contributed by atoms with Crippen LogP contribution in [0.25, 0.3) is 10.9 Å². The molecule has 0 fully saturated rings. The molecule has 0 atom stereocenters. The number of guanidine groups is 1. The molecule has 8 heteroatoms. The minimum Gasteiger partial charge on any atom is -0.356 e. The Morgan fingerprint density at radius 3 is 2.96 bits per heavy atom. The lowest BCUT2D eigenvalue weighted by Crippen LogP contribution is -2.38. The molecule has 0 saturated heterocycles. The third kappa shape index (κ3) is 4.42. The van der Waals surface area contributed by atoms with Gasteiger partial charge in [0, 0.05) is 44.8 Å². The Hall–Kier alpha value is -2.10. The van der Waals surface area contributed by atoms with Crippen molar-refractivity contribution in [3.05, 3.63) is 48.2 Å². The second kappa shape index (κ2) is 9.20. The summed E-state index contributed by atoms with van der Waals surface area (Å²) in [5.41, 5.74) is 1.29. The van der Waals surface area contributed by atoms with E-state index in [9.17, 15) is 0 Å². The Kier molecular flexibility index (Phi) is 6.70. The van der Waals surface area contributed by atoms with Gasteiger partial charge in [-0.15, -0.1) is 34.2 Å². The number of fused-ring (bicyclic) bond motifs is 2. The molecular formula is C19H26IN7. The highest BCUT2D eigenvalue weighted by Crippen LogP contribution is 2.15. The highest BCUT2D eigenvalue weighted by molar-refractivity contribution is 14.0. The Balaban J connectivity index is 0.00000210. The van der Waals surface area contributed by atoms with Crippen LogP contribution in [0.4, 0.5) is 0 Å². The summed E-state index contributed by atoms with van der Waals surface area (Å²) in [6.45, 7) is 3.52. The first-order chi connectivity index (χ1) is 12.8. The number of aromatic nitrogens is 4. The van der Waals surface area contributed by atoms with Gasteiger partial charge < -0.3 is 19.8 Å². The van der Waals surface area contributed by atoms with Gasteiger partial charge in [0.1, 0.15) is 5.82 Å². The maximum atomic E-state index is 4.30. The number of rotatable bonds is 6. The number of aliphatic imine (C=N–C) groups is 1. The largest absolute Gasteiger partial charge is 0.356 e. The monoisotopic (exact) mass is 479 g/mol. The second-order valence-electron chi connectivity index (χ2n) is 6.56. The van der Waals surface area contributed by atoms with Crippen molar-refractivity contribution in [1.29, 1.82) is 0 Å². The van der Waals surface area contributed by atoms with Crippen LogP contribution in [0, 0.1) is 0 Å². The summed E-state index contributed by atoms with van der Waals surface area (Å²) < 4.78 is 4.50. The molecule has 0 amide bonds. The van der Waals surface area contributed by atoms with Crippen LogP contribution in [-0.4, -0.2) is 38.9 Å². The zero-order valence-corrected chi connectivity index (χ0v) is 17.9. The van der Waals surface area contributed by atoms with Crippen LogP contribution < -0.4 is 10.6 Å². The van der Waals surface area contributed by atoms with Gasteiger partial charge in [-0.25, -0.2) is 0 Å². The molecule has 4 rings (SSSR count). The average Bonchev–Trinajstić information content (AvgIpc) is 3.37. The Labute approximate surface area is 176 Å². The zero-order chi connectivity index (χ0) is 17.8. The molecular weight excluding hydrogens is 453 g/mol. The van der Waals surface area contributed by atoms with E-state index in [1.54, 1.807) is 7.05 Å². The lowest BCUT2D eigenvalue weighted by molar-refractivity contribution is 0.632. The van der Waals surface area contributed by atoms with E-state index in [2.05, 4.69) is 71.5 Å². The summed E-state index contributed by atoms with van der Waals surface area (Å²) in [4.78, 5) is 4.30. The smallest absolute Gasteiger partial charge is 0.191 e. The van der Waals surface area contributed by atoms with Crippen molar-refractivity contribution in [2.45, 2.75) is 38.9 Å². The van der Waals surface area contributed by atoms with E-state index in [-0.39, 0.29) is 24.0 Å². The van der Waals surface area contributed by atoms with Crippen molar-refractivity contribution in [3.8, 4) is 0 Å². The molecule has 3 heterocycles. The Bertz CT molecular complexity index is 912. The third-order valence-electron chi connectivity index (χ3n) is 4.87. The van der Waals surface area contributed by atoms with Crippen molar-refractivity contribution in [2.24, 2.45) is 4.99 Å². The summed E-state index contributed by atoms with van der Waals surface area (Å²) in [5, 5.41) is 16.5. The number of benzene rings is 1. The molecule has 3 aromatic rings. The van der Waals surface area contributed by atoms with Crippen LogP contribution in [0.15, 0.2) is 41.5 Å². The standard InChI is InChI=1S/C19H25N7.HI/c1-20-19(22-14-18-24-23-17-8-4-12-26(17)18)21-10-5-11-25-13-9-15-6-2-3-7-16(15)25;/h2-3,6-7,9,13H,4-5,8,10-12,14H2,1H3,(H2,20,21,22);1H. The van der Waals surface area contributed by atoms with Gasteiger partial charge in [-0.2, -0.15) is 0 Å². The topological polar surface area (TPSA) is 72.1 Å². The van der Waals surface area contributed by atoms with Gasteiger partial charge in [0.2, 0.25) is 0 Å². The van der Waals surface area contributed by atoms with Crippen molar-refractivity contribution in [2.75, 3.05) is 13.6 Å². The lowest BCUT2D eigenvalue weighted by atomic mass is 10.2. The van der Waals surface area contributed by atoms with E-state index in [0.29, 0.717) is 6.54 Å². The van der Waals surface area contributed by atoms with Crippen LogP contribution in [0.3, 0.4) is 0 Å². The van der Waals surface area contributed by atoms with E-state index >= 15 is 0 Å². The minimum atomic E-state index is 0. The molecule has 0 saturated carbocycles. The number of aryl methyl sites for hydroxylation is 2. The predicted molar refractivity (Wildman–Crippen MR) is 119 cm³/mol. The summed E-state index contributed by atoms with van der Waals surface area (Å²) in [7, 11) is 1.79. The summed E-state index contributed by atoms with van der Waals surface area (Å²) in [5.74, 6) is 2.89. The van der Waals surface area contributed by atoms with E-state index < -0.39 is 0 Å². The van der Waals surface area contributed by atoms with E-state index in [1.165, 1.54) is 17.3 Å². The molecule has 1 aliphatic heterocycles. The first-order valence-electron chi connectivity index (χ1n) is 9.24. The first-order valence-corrected chi connectivity index (χ1v) is 9.24. The molecule has 0 aliphatic carbocycles. The van der Waals surface area contributed by atoms with E-state index in [4.69, 9.17) is 0 Å². The molecule has 0 radical (unpaired) electrons. The van der Waals surface area contributed by atoms with Gasteiger partial charge in [-0.05, 0) is 30.4 Å². The normalized spacial score (nSPS) is 13.4. The Morgan fingerprint density at radius 2 is 2.07 bits per heavy atom. The number of hydrogen-bond acceptors (Lipinski definition) is 3. The SMILES string of the molecule is CN=C(NCCCn1ccc2ccccc21)NCc1nnc2n1CCC2.I. The van der Waals surface area contributed by atoms with Gasteiger partial charge in [0.05, 0.1) is 6.54 Å². The van der Waals surface area contributed by atoms with Crippen LogP contribution in [0.5, 0.6) is 0 Å². The molecule has 1 aromatic carbocycles. The highest BCUT2D eigenvalue weighted by Gasteiger charge is 2.16. The fourth-order valence-electron chi connectivity index (χ4n) is 3.52. The van der Waals surface area contributed by atoms with Gasteiger partial charge in [0.15, 0.2) is 11.8 Å². The molecule has 0 bridgehead atoms. The molecule has 7 nitrogen and oxygen atoms in total. The van der Waals surface area contributed by atoms with Crippen LogP contribution in [-0.2, 0) is 26.1 Å².